The smallest absolute Gasteiger partial charge is 0.357 e. The summed E-state index contributed by atoms with van der Waals surface area (Å²) in [7, 11) is 1.39. The van der Waals surface area contributed by atoms with Gasteiger partial charge in [-0.25, -0.2) is 0 Å². The summed E-state index contributed by atoms with van der Waals surface area (Å²) in [5.41, 5.74) is 2.81. The van der Waals surface area contributed by atoms with Crippen molar-refractivity contribution >= 4 is 14.9 Å². The number of rotatable bonds is 11. The molecular formula is C17H28O6Si. The monoisotopic (exact) mass is 356 g/mol. The van der Waals surface area contributed by atoms with Crippen LogP contribution in [0.4, 0.5) is 0 Å². The Morgan fingerprint density at radius 1 is 0.750 bits per heavy atom. The highest BCUT2D eigenvalue weighted by Gasteiger charge is 2.44. The molecule has 0 aliphatic carbocycles. The topological polar surface area (TPSA) is 55.4 Å². The Bertz CT molecular complexity index is 450. The van der Waals surface area contributed by atoms with Gasteiger partial charge in [0.05, 0.1) is 0 Å². The minimum atomic E-state index is -3.29. The summed E-state index contributed by atoms with van der Waals surface area (Å²) in [6.45, 7) is 5.33. The largest absolute Gasteiger partial charge is 0.535 e. The summed E-state index contributed by atoms with van der Waals surface area (Å²) >= 11 is 0. The fourth-order valence-corrected chi connectivity index (χ4v) is 4.28. The van der Waals surface area contributed by atoms with Crippen molar-refractivity contribution in [3.05, 3.63) is 41.6 Å². The van der Waals surface area contributed by atoms with Crippen LogP contribution in [0.5, 0.6) is 0 Å². The predicted octanol–water partition coefficient (Wildman–Crippen LogP) is 3.20. The van der Waals surface area contributed by atoms with Gasteiger partial charge in [-0.05, 0) is 32.0 Å². The van der Waals surface area contributed by atoms with Crippen molar-refractivity contribution in [2.75, 3.05) is 21.3 Å². The third-order valence-electron chi connectivity index (χ3n) is 3.27. The van der Waals surface area contributed by atoms with E-state index in [1.54, 1.807) is 42.1 Å². The first kappa shape index (κ1) is 21.0. The third-order valence-corrected chi connectivity index (χ3v) is 5.82. The van der Waals surface area contributed by atoms with Crippen molar-refractivity contribution in [3.63, 3.8) is 0 Å². The molecule has 0 saturated carbocycles. The Hall–Kier alpha value is -1.06. The Labute approximate surface area is 145 Å². The molecule has 1 aromatic carbocycles. The van der Waals surface area contributed by atoms with Crippen LogP contribution in [0.15, 0.2) is 36.0 Å². The maximum Gasteiger partial charge on any atom is 0.535 e. The van der Waals surface area contributed by atoms with Crippen molar-refractivity contribution < 1.29 is 27.5 Å². The summed E-state index contributed by atoms with van der Waals surface area (Å²) in [6, 6.07) is 9.83. The molecule has 24 heavy (non-hydrogen) atoms. The summed E-state index contributed by atoms with van der Waals surface area (Å²) < 4.78 is 33.6. The lowest BCUT2D eigenvalue weighted by atomic mass is 10.2. The van der Waals surface area contributed by atoms with Crippen LogP contribution in [0.3, 0.4) is 0 Å². The lowest BCUT2D eigenvalue weighted by Gasteiger charge is -2.33. The molecule has 0 N–H and O–H groups in total. The molecule has 0 saturated heterocycles. The van der Waals surface area contributed by atoms with E-state index in [4.69, 9.17) is 27.5 Å². The molecule has 0 bridgehead atoms. The highest BCUT2D eigenvalue weighted by Crippen LogP contribution is 2.21. The molecule has 0 heterocycles. The van der Waals surface area contributed by atoms with E-state index in [1.165, 1.54) is 0 Å². The summed E-state index contributed by atoms with van der Waals surface area (Å²) in [4.78, 5) is 0. The summed E-state index contributed by atoms with van der Waals surface area (Å²) in [5.74, 6) is 0. The van der Waals surface area contributed by atoms with Crippen LogP contribution in [-0.4, -0.2) is 49.0 Å². The van der Waals surface area contributed by atoms with Gasteiger partial charge in [-0.1, -0.05) is 36.4 Å². The molecule has 3 atom stereocenters. The number of ether oxygens (including phenoxy) is 3. The molecule has 136 valence electrons. The molecule has 0 radical (unpaired) electrons. The van der Waals surface area contributed by atoms with Crippen molar-refractivity contribution in [2.45, 2.75) is 39.6 Å². The van der Waals surface area contributed by atoms with Crippen LogP contribution in [0.1, 0.15) is 26.3 Å². The van der Waals surface area contributed by atoms with Gasteiger partial charge in [0, 0.05) is 21.3 Å². The van der Waals surface area contributed by atoms with Gasteiger partial charge in [-0.3, -0.25) is 0 Å². The predicted molar refractivity (Wildman–Crippen MR) is 93.9 cm³/mol. The molecule has 0 aromatic heterocycles. The molecule has 6 nitrogen and oxygen atoms in total. The SMILES string of the molecule is COC(C)O[Si](C=Cc1ccccc1)(OC(C)OC)OC(C)OC. The van der Waals surface area contributed by atoms with Crippen molar-refractivity contribution in [1.29, 1.82) is 0 Å². The van der Waals surface area contributed by atoms with Gasteiger partial charge >= 0.3 is 8.80 Å². The zero-order chi connectivity index (χ0) is 18.0. The third kappa shape index (κ3) is 7.23. The van der Waals surface area contributed by atoms with Gasteiger partial charge in [-0.15, -0.1) is 0 Å². The number of hydrogen-bond donors (Lipinski definition) is 0. The zero-order valence-electron chi connectivity index (χ0n) is 15.2. The van der Waals surface area contributed by atoms with E-state index in [0.29, 0.717) is 0 Å². The molecule has 1 rings (SSSR count). The van der Waals surface area contributed by atoms with E-state index >= 15 is 0 Å². The second-order valence-corrected chi connectivity index (χ2v) is 7.36. The second-order valence-electron chi connectivity index (χ2n) is 5.11. The minimum Gasteiger partial charge on any atom is -0.357 e. The van der Waals surface area contributed by atoms with E-state index < -0.39 is 27.7 Å². The highest BCUT2D eigenvalue weighted by atomic mass is 28.4. The van der Waals surface area contributed by atoms with Gasteiger partial charge in [0.15, 0.2) is 0 Å². The van der Waals surface area contributed by atoms with Gasteiger partial charge in [0.2, 0.25) is 0 Å². The van der Waals surface area contributed by atoms with Crippen LogP contribution in [0.25, 0.3) is 6.08 Å². The number of benzene rings is 1. The van der Waals surface area contributed by atoms with Crippen LogP contribution in [-0.2, 0) is 27.5 Å². The fourth-order valence-electron chi connectivity index (χ4n) is 1.80. The highest BCUT2D eigenvalue weighted by molar-refractivity contribution is 6.67. The van der Waals surface area contributed by atoms with Crippen LogP contribution in [0.2, 0.25) is 0 Å². The zero-order valence-corrected chi connectivity index (χ0v) is 16.2. The summed E-state index contributed by atoms with van der Waals surface area (Å²) in [5, 5.41) is 0. The molecule has 0 aliphatic rings. The van der Waals surface area contributed by atoms with Crippen molar-refractivity contribution in [2.24, 2.45) is 0 Å². The Morgan fingerprint density at radius 3 is 1.54 bits per heavy atom. The molecule has 0 spiro atoms. The molecule has 7 heteroatoms. The fraction of sp³-hybridized carbons (Fsp3) is 0.529. The maximum absolute atomic E-state index is 5.98. The van der Waals surface area contributed by atoms with E-state index in [0.717, 1.165) is 5.56 Å². The van der Waals surface area contributed by atoms with E-state index in [2.05, 4.69) is 0 Å². The molecular weight excluding hydrogens is 328 g/mol. The molecule has 0 amide bonds. The Morgan fingerprint density at radius 2 is 1.17 bits per heavy atom. The second kappa shape index (κ2) is 10.7. The molecule has 3 unspecified atom stereocenters. The average Bonchev–Trinajstić information content (AvgIpc) is 2.60. The number of methoxy groups -OCH3 is 3. The standard InChI is InChI=1S/C17H28O6Si/c1-14(18-4)21-24(22-15(2)19-5,23-16(3)20-6)13-12-17-10-8-7-9-11-17/h7-16H,1-6H3. The van der Waals surface area contributed by atoms with Gasteiger partial charge in [0.25, 0.3) is 0 Å². The normalized spacial score (nSPS) is 18.2. The van der Waals surface area contributed by atoms with E-state index in [1.807, 2.05) is 42.1 Å². The Kier molecular flexibility index (Phi) is 9.38. The first-order chi connectivity index (χ1) is 11.4. The van der Waals surface area contributed by atoms with Crippen LogP contribution < -0.4 is 0 Å². The first-order valence-electron chi connectivity index (χ1n) is 7.80. The maximum atomic E-state index is 5.98. The lowest BCUT2D eigenvalue weighted by molar-refractivity contribution is -0.157. The molecule has 0 fully saturated rings. The average molecular weight is 356 g/mol. The van der Waals surface area contributed by atoms with Crippen molar-refractivity contribution in [1.82, 2.24) is 0 Å². The quantitative estimate of drug-likeness (QED) is 0.448. The Balaban J connectivity index is 3.13. The molecule has 0 aliphatic heterocycles. The first-order valence-corrected chi connectivity index (χ1v) is 9.61. The summed E-state index contributed by atoms with van der Waals surface area (Å²) in [6.07, 6.45) is 0.375. The minimum absolute atomic E-state index is 0.509. The number of hydrogen-bond acceptors (Lipinski definition) is 6. The van der Waals surface area contributed by atoms with Gasteiger partial charge in [-0.2, -0.15) is 0 Å². The van der Waals surface area contributed by atoms with Gasteiger partial charge in [0.1, 0.15) is 18.9 Å². The van der Waals surface area contributed by atoms with E-state index in [-0.39, 0.29) is 0 Å². The molecule has 1 aromatic rings. The van der Waals surface area contributed by atoms with Gasteiger partial charge < -0.3 is 27.5 Å². The van der Waals surface area contributed by atoms with Crippen molar-refractivity contribution in [3.8, 4) is 0 Å². The van der Waals surface area contributed by atoms with E-state index in [9.17, 15) is 0 Å². The lowest BCUT2D eigenvalue weighted by Crippen LogP contribution is -2.51. The van der Waals surface area contributed by atoms with Crippen LogP contribution in [0, 0.1) is 0 Å². The van der Waals surface area contributed by atoms with Crippen LogP contribution >= 0.6 is 0 Å².